The number of carbonyl (C=O) groups is 5. The van der Waals surface area contributed by atoms with E-state index in [9.17, 15) is 29.1 Å². The summed E-state index contributed by atoms with van der Waals surface area (Å²) in [5, 5.41) is 27.9. The van der Waals surface area contributed by atoms with E-state index >= 15 is 0 Å². The number of β-amino-alcohol motifs (C(OH)–C–C–N with tert-alkyl or cyclic N) is 1. The van der Waals surface area contributed by atoms with E-state index in [1.54, 1.807) is 30.7 Å². The van der Waals surface area contributed by atoms with Crippen LogP contribution in [-0.2, 0) is 44.7 Å². The second-order valence-corrected chi connectivity index (χ2v) is 15.6. The number of aryl methyl sites for hydroxylation is 1. The number of ether oxygens (including phenoxy) is 3. The zero-order valence-electron chi connectivity index (χ0n) is 31.6. The normalized spacial score (nSPS) is 16.6. The Labute approximate surface area is 315 Å². The van der Waals surface area contributed by atoms with Crippen LogP contribution in [-0.4, -0.2) is 121 Å². The van der Waals surface area contributed by atoms with Crippen molar-refractivity contribution in [1.29, 1.82) is 0 Å². The summed E-state index contributed by atoms with van der Waals surface area (Å²) in [5.74, 6) is -2.54. The molecule has 2 aromatic rings. The highest BCUT2D eigenvalue weighted by Gasteiger charge is 2.44. The predicted molar refractivity (Wildman–Crippen MR) is 198 cm³/mol. The van der Waals surface area contributed by atoms with Gasteiger partial charge in [-0.05, 0) is 43.7 Å². The number of amides is 4. The zero-order chi connectivity index (χ0) is 39.2. The van der Waals surface area contributed by atoms with E-state index in [2.05, 4.69) is 20.9 Å². The fourth-order valence-electron chi connectivity index (χ4n) is 5.47. The summed E-state index contributed by atoms with van der Waals surface area (Å²) in [6.45, 7) is 11.9. The first-order chi connectivity index (χ1) is 25.0. The van der Waals surface area contributed by atoms with E-state index in [0.29, 0.717) is 6.54 Å². The van der Waals surface area contributed by atoms with Crippen molar-refractivity contribution in [2.45, 2.75) is 85.5 Å². The lowest BCUT2D eigenvalue weighted by Gasteiger charge is -2.35. The van der Waals surface area contributed by atoms with Crippen LogP contribution in [0.1, 0.15) is 65.1 Å². The van der Waals surface area contributed by atoms with Gasteiger partial charge in [-0.15, -0.1) is 11.3 Å². The Morgan fingerprint density at radius 3 is 2.19 bits per heavy atom. The number of aromatic nitrogens is 1. The number of carboxylic acids is 1. The van der Waals surface area contributed by atoms with E-state index in [-0.39, 0.29) is 83.8 Å². The SMILES string of the molecule is Cc1ncsc1-c1ccc(CNC(=O)[C@@H]2C[C@@H](O)CN2C(=O)C(NC(=O)COCCOCCOCCNC(=O)CCC(C)(C)C(=O)O)C(C)(C)C)cc1. The maximum absolute atomic E-state index is 13.8. The number of benzene rings is 1. The molecule has 0 aliphatic carbocycles. The molecule has 1 aromatic heterocycles. The third-order valence-corrected chi connectivity index (χ3v) is 9.79. The van der Waals surface area contributed by atoms with E-state index < -0.39 is 46.8 Å². The average molecular weight is 762 g/mol. The van der Waals surface area contributed by atoms with Gasteiger partial charge in [0.15, 0.2) is 0 Å². The number of carboxylic acid groups (broad SMARTS) is 1. The van der Waals surface area contributed by atoms with Gasteiger partial charge in [0.1, 0.15) is 18.7 Å². The van der Waals surface area contributed by atoms with Crippen LogP contribution in [0.3, 0.4) is 0 Å². The Hall–Kier alpha value is -3.96. The van der Waals surface area contributed by atoms with Crippen LogP contribution < -0.4 is 16.0 Å². The fraction of sp³-hybridized carbons (Fsp3) is 0.622. The molecular weight excluding hydrogens is 706 g/mol. The Kier molecular flexibility index (Phi) is 16.8. The van der Waals surface area contributed by atoms with Crippen LogP contribution in [0.4, 0.5) is 0 Å². The molecule has 2 heterocycles. The molecule has 1 saturated heterocycles. The minimum atomic E-state index is -0.975. The molecule has 3 atom stereocenters. The van der Waals surface area contributed by atoms with Crippen LogP contribution in [0.2, 0.25) is 0 Å². The molecule has 1 aliphatic heterocycles. The van der Waals surface area contributed by atoms with E-state index in [0.717, 1.165) is 21.7 Å². The molecule has 1 unspecified atom stereocenters. The number of carbonyl (C=O) groups excluding carboxylic acids is 4. The lowest BCUT2D eigenvalue weighted by molar-refractivity contribution is -0.147. The van der Waals surface area contributed by atoms with Crippen molar-refractivity contribution in [2.24, 2.45) is 10.8 Å². The zero-order valence-corrected chi connectivity index (χ0v) is 32.4. The van der Waals surface area contributed by atoms with Crippen molar-refractivity contribution in [2.75, 3.05) is 52.7 Å². The monoisotopic (exact) mass is 761 g/mol. The van der Waals surface area contributed by atoms with Crippen molar-refractivity contribution in [3.63, 3.8) is 0 Å². The minimum Gasteiger partial charge on any atom is -0.481 e. The Morgan fingerprint density at radius 2 is 1.58 bits per heavy atom. The van der Waals surface area contributed by atoms with Gasteiger partial charge in [0.2, 0.25) is 23.6 Å². The predicted octanol–water partition coefficient (Wildman–Crippen LogP) is 2.28. The summed E-state index contributed by atoms with van der Waals surface area (Å²) < 4.78 is 16.3. The quantitative estimate of drug-likeness (QED) is 0.117. The molecule has 16 heteroatoms. The summed E-state index contributed by atoms with van der Waals surface area (Å²) >= 11 is 1.56. The summed E-state index contributed by atoms with van der Waals surface area (Å²) in [4.78, 5) is 69.7. The van der Waals surface area contributed by atoms with Crippen LogP contribution >= 0.6 is 11.3 Å². The largest absolute Gasteiger partial charge is 0.481 e. The van der Waals surface area contributed by atoms with Crippen LogP contribution in [0, 0.1) is 17.8 Å². The molecule has 0 bridgehead atoms. The number of aliphatic carboxylic acids is 1. The Morgan fingerprint density at radius 1 is 0.943 bits per heavy atom. The van der Waals surface area contributed by atoms with E-state index in [1.165, 1.54) is 4.90 Å². The molecule has 1 aliphatic rings. The van der Waals surface area contributed by atoms with Gasteiger partial charge < -0.3 is 45.3 Å². The molecule has 1 fully saturated rings. The summed E-state index contributed by atoms with van der Waals surface area (Å²) in [7, 11) is 0. The van der Waals surface area contributed by atoms with Gasteiger partial charge in [0.25, 0.3) is 0 Å². The number of aliphatic hydroxyl groups is 1. The number of nitrogens with zero attached hydrogens (tertiary/aromatic N) is 2. The third-order valence-electron chi connectivity index (χ3n) is 8.81. The van der Waals surface area contributed by atoms with Crippen LogP contribution in [0.15, 0.2) is 29.8 Å². The molecule has 1 aromatic carbocycles. The number of likely N-dealkylation sites (tertiary alicyclic amines) is 1. The second kappa shape index (κ2) is 20.5. The molecule has 0 radical (unpaired) electrons. The molecule has 15 nitrogen and oxygen atoms in total. The average Bonchev–Trinajstić information content (AvgIpc) is 3.72. The maximum Gasteiger partial charge on any atom is 0.309 e. The summed E-state index contributed by atoms with van der Waals surface area (Å²) in [5.41, 5.74) is 3.02. The highest BCUT2D eigenvalue weighted by Crippen LogP contribution is 2.28. The molecule has 3 rings (SSSR count). The van der Waals surface area contributed by atoms with Crippen molar-refractivity contribution >= 4 is 40.9 Å². The van der Waals surface area contributed by atoms with Gasteiger partial charge in [-0.3, -0.25) is 24.0 Å². The summed E-state index contributed by atoms with van der Waals surface area (Å²) in [6, 6.07) is 5.95. The Balaban J connectivity index is 1.35. The van der Waals surface area contributed by atoms with E-state index in [1.807, 2.05) is 52.0 Å². The lowest BCUT2D eigenvalue weighted by atomic mass is 9.85. The number of thiazole rings is 1. The molecule has 4 amide bonds. The molecule has 53 heavy (non-hydrogen) atoms. The highest BCUT2D eigenvalue weighted by molar-refractivity contribution is 7.13. The first kappa shape index (κ1) is 43.4. The van der Waals surface area contributed by atoms with Crippen molar-refractivity contribution in [3.05, 3.63) is 41.0 Å². The standard InChI is InChI=1S/C37H55N5O10S/c1-24-31(53-23-40-24)26-9-7-25(8-10-26)20-39-33(46)28-19-27(43)21-42(28)34(47)32(36(2,3)4)41-30(45)22-52-18-17-51-16-15-50-14-13-38-29(44)11-12-37(5,6)35(48)49/h7-10,23,27-28,32,43H,11-22H2,1-6H3,(H,38,44)(H,39,46)(H,41,45)(H,48,49)/t27-,28+,32?/m1/s1. The van der Waals surface area contributed by atoms with E-state index in [4.69, 9.17) is 19.3 Å². The smallest absolute Gasteiger partial charge is 0.309 e. The van der Waals surface area contributed by atoms with Crippen molar-refractivity contribution in [1.82, 2.24) is 25.8 Å². The molecular formula is C37H55N5O10S. The van der Waals surface area contributed by atoms with Crippen molar-refractivity contribution < 1.29 is 48.4 Å². The number of hydrogen-bond donors (Lipinski definition) is 5. The number of nitrogens with one attached hydrogen (secondary N) is 3. The fourth-order valence-corrected chi connectivity index (χ4v) is 6.28. The first-order valence-electron chi connectivity index (χ1n) is 17.8. The lowest BCUT2D eigenvalue weighted by Crippen LogP contribution is -2.58. The second-order valence-electron chi connectivity index (χ2n) is 14.8. The number of aliphatic hydroxyl groups excluding tert-OH is 1. The van der Waals surface area contributed by atoms with Crippen LogP contribution in [0.5, 0.6) is 0 Å². The molecule has 0 saturated carbocycles. The maximum atomic E-state index is 13.8. The van der Waals surface area contributed by atoms with Gasteiger partial charge in [0, 0.05) is 32.5 Å². The van der Waals surface area contributed by atoms with Gasteiger partial charge >= 0.3 is 5.97 Å². The van der Waals surface area contributed by atoms with Gasteiger partial charge in [-0.2, -0.15) is 0 Å². The Bertz CT molecular complexity index is 1520. The molecule has 294 valence electrons. The highest BCUT2D eigenvalue weighted by atomic mass is 32.1. The van der Waals surface area contributed by atoms with Gasteiger partial charge in [0.05, 0.1) is 60.6 Å². The topological polar surface area (TPSA) is 206 Å². The molecule has 0 spiro atoms. The minimum absolute atomic E-state index is 0.0262. The summed E-state index contributed by atoms with van der Waals surface area (Å²) in [6.07, 6.45) is -0.441. The van der Waals surface area contributed by atoms with Crippen molar-refractivity contribution in [3.8, 4) is 10.4 Å². The molecule has 5 N–H and O–H groups in total. The number of rotatable bonds is 21. The number of hydrogen-bond acceptors (Lipinski definition) is 11. The first-order valence-corrected chi connectivity index (χ1v) is 18.7. The third kappa shape index (κ3) is 14.1. The van der Waals surface area contributed by atoms with Gasteiger partial charge in [-0.25, -0.2) is 4.98 Å². The van der Waals surface area contributed by atoms with Gasteiger partial charge in [-0.1, -0.05) is 45.0 Å². The van der Waals surface area contributed by atoms with Crippen LogP contribution in [0.25, 0.3) is 10.4 Å².